The fraction of sp³-hybridized carbons (Fsp3) is 0.250. The van der Waals surface area contributed by atoms with Gasteiger partial charge in [0.1, 0.15) is 0 Å². The summed E-state index contributed by atoms with van der Waals surface area (Å²) in [5, 5.41) is 9.98. The van der Waals surface area contributed by atoms with E-state index in [1.54, 1.807) is 6.07 Å². The number of alkyl halides is 6. The molecular formula is C16H12F6O2. The summed E-state index contributed by atoms with van der Waals surface area (Å²) in [6, 6.07) is 10.4. The number of hydrogen-bond donors (Lipinski definition) is 1. The Kier molecular flexibility index (Phi) is 4.91. The van der Waals surface area contributed by atoms with Gasteiger partial charge in [-0.25, -0.2) is 0 Å². The molecule has 8 heteroatoms. The summed E-state index contributed by atoms with van der Waals surface area (Å²) in [6.45, 7) is -0.719. The molecule has 2 aromatic rings. The largest absolute Gasteiger partial charge is 0.448 e. The van der Waals surface area contributed by atoms with Gasteiger partial charge in [-0.1, -0.05) is 48.5 Å². The first-order valence-corrected chi connectivity index (χ1v) is 6.69. The smallest absolute Gasteiger partial charge is 0.355 e. The lowest BCUT2D eigenvalue weighted by Crippen LogP contribution is -2.46. The summed E-state index contributed by atoms with van der Waals surface area (Å²) in [6.07, 6.45) is -10.5. The zero-order valence-electron chi connectivity index (χ0n) is 12.0. The summed E-state index contributed by atoms with van der Waals surface area (Å²) in [7, 11) is 0. The second-order valence-electron chi connectivity index (χ2n) is 4.96. The molecule has 0 aromatic heterocycles. The molecule has 0 aliphatic rings. The summed E-state index contributed by atoms with van der Waals surface area (Å²) in [5.41, 5.74) is -2.75. The number of ether oxygens (including phenoxy) is 1. The van der Waals surface area contributed by atoms with E-state index < -0.39 is 35.9 Å². The van der Waals surface area contributed by atoms with E-state index in [9.17, 15) is 31.4 Å². The number of benzene rings is 2. The van der Waals surface area contributed by atoms with Crippen LogP contribution < -0.4 is 0 Å². The minimum Gasteiger partial charge on any atom is -0.355 e. The van der Waals surface area contributed by atoms with Gasteiger partial charge in [-0.2, -0.15) is 26.3 Å². The SMILES string of the molecule is OC(OCc1ccccc1)(c1ccccc1C(F)(F)F)C(F)(F)F. The van der Waals surface area contributed by atoms with Crippen molar-refractivity contribution in [1.29, 1.82) is 0 Å². The lowest BCUT2D eigenvalue weighted by Gasteiger charge is -2.32. The van der Waals surface area contributed by atoms with Gasteiger partial charge in [0.25, 0.3) is 5.79 Å². The van der Waals surface area contributed by atoms with Crippen molar-refractivity contribution < 1.29 is 36.2 Å². The van der Waals surface area contributed by atoms with Crippen LogP contribution in [0.4, 0.5) is 26.3 Å². The number of aliphatic hydroxyl groups is 1. The highest BCUT2D eigenvalue weighted by atomic mass is 19.4. The van der Waals surface area contributed by atoms with Crippen LogP contribution in [0.1, 0.15) is 16.7 Å². The third-order valence-corrected chi connectivity index (χ3v) is 3.27. The third kappa shape index (κ3) is 3.70. The summed E-state index contributed by atoms with van der Waals surface area (Å²) in [5.74, 6) is -4.09. The molecule has 0 saturated carbocycles. The predicted octanol–water partition coefficient (Wildman–Crippen LogP) is 4.63. The van der Waals surface area contributed by atoms with Crippen LogP contribution in [-0.4, -0.2) is 11.3 Å². The number of halogens is 6. The lowest BCUT2D eigenvalue weighted by atomic mass is 9.98. The standard InChI is InChI=1S/C16H12F6O2/c17-15(18,19)13-9-5-4-8-12(13)14(23,16(20,21)22)24-10-11-6-2-1-3-7-11/h1-9,23H,10H2. The van der Waals surface area contributed by atoms with Crippen LogP contribution >= 0.6 is 0 Å². The van der Waals surface area contributed by atoms with Crippen molar-refractivity contribution in [2.45, 2.75) is 24.7 Å². The molecule has 0 heterocycles. The Hall–Kier alpha value is -2.06. The summed E-state index contributed by atoms with van der Waals surface area (Å²) in [4.78, 5) is 0. The highest BCUT2D eigenvalue weighted by molar-refractivity contribution is 5.34. The van der Waals surface area contributed by atoms with Crippen LogP contribution in [0.15, 0.2) is 54.6 Å². The first-order chi connectivity index (χ1) is 11.1. The van der Waals surface area contributed by atoms with Crippen molar-refractivity contribution in [2.24, 2.45) is 0 Å². The van der Waals surface area contributed by atoms with E-state index in [0.717, 1.165) is 12.1 Å². The average Bonchev–Trinajstić information content (AvgIpc) is 2.51. The molecule has 0 radical (unpaired) electrons. The van der Waals surface area contributed by atoms with E-state index in [4.69, 9.17) is 0 Å². The number of hydrogen-bond acceptors (Lipinski definition) is 2. The minimum atomic E-state index is -5.47. The molecule has 0 spiro atoms. The Bertz CT molecular complexity index is 681. The highest BCUT2D eigenvalue weighted by Gasteiger charge is 2.59. The molecule has 24 heavy (non-hydrogen) atoms. The van der Waals surface area contributed by atoms with E-state index >= 15 is 0 Å². The second kappa shape index (κ2) is 6.45. The molecule has 1 atom stereocenters. The van der Waals surface area contributed by atoms with Gasteiger partial charge in [0, 0.05) is 5.56 Å². The topological polar surface area (TPSA) is 29.5 Å². The molecule has 0 amide bonds. The molecule has 2 nitrogen and oxygen atoms in total. The third-order valence-electron chi connectivity index (χ3n) is 3.27. The van der Waals surface area contributed by atoms with Gasteiger partial charge >= 0.3 is 12.4 Å². The zero-order chi connectivity index (χ0) is 18.0. The molecule has 0 saturated heterocycles. The molecule has 130 valence electrons. The van der Waals surface area contributed by atoms with Crippen molar-refractivity contribution >= 4 is 0 Å². The normalized spacial score (nSPS) is 15.1. The fourth-order valence-corrected chi connectivity index (χ4v) is 2.10. The molecule has 0 aliphatic carbocycles. The fourth-order valence-electron chi connectivity index (χ4n) is 2.10. The van der Waals surface area contributed by atoms with E-state index in [1.165, 1.54) is 24.3 Å². The van der Waals surface area contributed by atoms with Gasteiger partial charge in [-0.05, 0) is 11.6 Å². The van der Waals surface area contributed by atoms with Crippen molar-refractivity contribution in [3.63, 3.8) is 0 Å². The first-order valence-electron chi connectivity index (χ1n) is 6.69. The molecule has 0 fully saturated rings. The van der Waals surface area contributed by atoms with E-state index in [-0.39, 0.29) is 5.56 Å². The van der Waals surface area contributed by atoms with Crippen LogP contribution in [0.25, 0.3) is 0 Å². The van der Waals surface area contributed by atoms with Crippen molar-refractivity contribution in [3.05, 3.63) is 71.3 Å². The van der Waals surface area contributed by atoms with Gasteiger partial charge in [0.15, 0.2) is 0 Å². The Morgan fingerprint density at radius 2 is 1.25 bits per heavy atom. The zero-order valence-corrected chi connectivity index (χ0v) is 12.0. The van der Waals surface area contributed by atoms with Crippen LogP contribution in [0, 0.1) is 0 Å². The minimum absolute atomic E-state index is 0.268. The molecular weight excluding hydrogens is 338 g/mol. The van der Waals surface area contributed by atoms with E-state index in [2.05, 4.69) is 4.74 Å². The van der Waals surface area contributed by atoms with Gasteiger partial charge in [-0.15, -0.1) is 0 Å². The van der Waals surface area contributed by atoms with Crippen molar-refractivity contribution in [3.8, 4) is 0 Å². The van der Waals surface area contributed by atoms with Crippen LogP contribution in [0.5, 0.6) is 0 Å². The monoisotopic (exact) mass is 350 g/mol. The first kappa shape index (κ1) is 18.3. The number of rotatable bonds is 4. The molecule has 0 bridgehead atoms. The van der Waals surface area contributed by atoms with Crippen molar-refractivity contribution in [2.75, 3.05) is 0 Å². The Morgan fingerprint density at radius 1 is 0.750 bits per heavy atom. The average molecular weight is 350 g/mol. The molecule has 1 N–H and O–H groups in total. The van der Waals surface area contributed by atoms with Gasteiger partial charge in [-0.3, -0.25) is 0 Å². The molecule has 1 unspecified atom stereocenters. The van der Waals surface area contributed by atoms with Crippen molar-refractivity contribution in [1.82, 2.24) is 0 Å². The molecule has 2 rings (SSSR count). The maximum absolute atomic E-state index is 13.3. The molecule has 0 aliphatic heterocycles. The Balaban J connectivity index is 2.46. The summed E-state index contributed by atoms with van der Waals surface area (Å²) < 4.78 is 83.5. The summed E-state index contributed by atoms with van der Waals surface area (Å²) >= 11 is 0. The maximum Gasteiger partial charge on any atom is 0.448 e. The maximum atomic E-state index is 13.3. The van der Waals surface area contributed by atoms with Gasteiger partial charge in [0.05, 0.1) is 12.2 Å². The highest BCUT2D eigenvalue weighted by Crippen LogP contribution is 2.45. The van der Waals surface area contributed by atoms with Gasteiger partial charge < -0.3 is 9.84 Å². The lowest BCUT2D eigenvalue weighted by molar-refractivity contribution is -0.380. The van der Waals surface area contributed by atoms with Crippen LogP contribution in [0.2, 0.25) is 0 Å². The Labute approximate surface area is 133 Å². The second-order valence-corrected chi connectivity index (χ2v) is 4.96. The molecule has 2 aromatic carbocycles. The predicted molar refractivity (Wildman–Crippen MR) is 72.6 cm³/mol. The van der Waals surface area contributed by atoms with E-state index in [0.29, 0.717) is 12.1 Å². The van der Waals surface area contributed by atoms with Gasteiger partial charge in [0.2, 0.25) is 0 Å². The Morgan fingerprint density at radius 3 is 1.75 bits per heavy atom. The van der Waals surface area contributed by atoms with E-state index in [1.807, 2.05) is 0 Å². The van der Waals surface area contributed by atoms with Crippen LogP contribution in [0.3, 0.4) is 0 Å². The van der Waals surface area contributed by atoms with Crippen LogP contribution in [-0.2, 0) is 23.3 Å². The quantitative estimate of drug-likeness (QED) is 0.644.